The van der Waals surface area contributed by atoms with Crippen molar-refractivity contribution in [2.24, 2.45) is 0 Å². The third kappa shape index (κ3) is 3.15. The summed E-state index contributed by atoms with van der Waals surface area (Å²) in [7, 11) is 0. The standard InChI is InChI=1S/C14H13Br2ClN2O/c1-3-19-12(14(16)8(2)18-19)7-13(20)9-4-5-10(15)11(17)6-9/h4-6H,3,7H2,1-2H3. The Balaban J connectivity index is 2.30. The largest absolute Gasteiger partial charge is 0.294 e. The maximum absolute atomic E-state index is 12.4. The van der Waals surface area contributed by atoms with Gasteiger partial charge >= 0.3 is 0 Å². The summed E-state index contributed by atoms with van der Waals surface area (Å²) in [4.78, 5) is 12.4. The predicted molar refractivity (Wildman–Crippen MR) is 87.5 cm³/mol. The maximum atomic E-state index is 12.4. The zero-order valence-electron chi connectivity index (χ0n) is 11.1. The maximum Gasteiger partial charge on any atom is 0.168 e. The van der Waals surface area contributed by atoms with Crippen molar-refractivity contribution in [3.63, 3.8) is 0 Å². The van der Waals surface area contributed by atoms with Crippen LogP contribution in [0.1, 0.15) is 28.7 Å². The second-order valence-electron chi connectivity index (χ2n) is 4.39. The molecule has 0 unspecified atom stereocenters. The third-order valence-corrected chi connectivity index (χ3v) is 5.29. The molecule has 0 radical (unpaired) electrons. The first-order valence-electron chi connectivity index (χ1n) is 6.14. The van der Waals surface area contributed by atoms with Crippen LogP contribution in [0.25, 0.3) is 0 Å². The second-order valence-corrected chi connectivity index (χ2v) is 6.45. The Labute approximate surface area is 139 Å². The molecule has 2 aromatic rings. The van der Waals surface area contributed by atoms with Crippen molar-refractivity contribution in [3.05, 3.63) is 49.1 Å². The molecule has 1 aromatic heterocycles. The van der Waals surface area contributed by atoms with Crippen molar-refractivity contribution >= 4 is 49.2 Å². The molecule has 0 atom stereocenters. The molecule has 106 valence electrons. The number of nitrogens with zero attached hydrogens (tertiary/aromatic N) is 2. The molecular formula is C14H13Br2ClN2O. The van der Waals surface area contributed by atoms with Gasteiger partial charge in [-0.1, -0.05) is 17.7 Å². The Morgan fingerprint density at radius 2 is 2.10 bits per heavy atom. The van der Waals surface area contributed by atoms with Crippen LogP contribution in [0.5, 0.6) is 0 Å². The van der Waals surface area contributed by atoms with Crippen molar-refractivity contribution in [2.45, 2.75) is 26.8 Å². The fourth-order valence-electron chi connectivity index (χ4n) is 1.96. The first-order chi connectivity index (χ1) is 9.43. The number of Topliss-reactive ketones (excluding diaryl/α,β-unsaturated/α-hetero) is 1. The number of carbonyl (C=O) groups excluding carboxylic acids is 1. The molecule has 20 heavy (non-hydrogen) atoms. The Morgan fingerprint density at radius 3 is 2.70 bits per heavy atom. The van der Waals surface area contributed by atoms with Crippen molar-refractivity contribution in [1.82, 2.24) is 9.78 Å². The van der Waals surface area contributed by atoms with Crippen molar-refractivity contribution in [1.29, 1.82) is 0 Å². The lowest BCUT2D eigenvalue weighted by Gasteiger charge is -2.06. The molecule has 0 bridgehead atoms. The van der Waals surface area contributed by atoms with Crippen molar-refractivity contribution in [2.75, 3.05) is 0 Å². The monoisotopic (exact) mass is 418 g/mol. The number of carbonyl (C=O) groups is 1. The van der Waals surface area contributed by atoms with E-state index in [0.717, 1.165) is 26.9 Å². The van der Waals surface area contributed by atoms with Gasteiger partial charge in [0, 0.05) is 16.6 Å². The van der Waals surface area contributed by atoms with Gasteiger partial charge in [0.25, 0.3) is 0 Å². The molecule has 0 fully saturated rings. The molecule has 2 rings (SSSR count). The number of halogens is 3. The van der Waals surface area contributed by atoms with Crippen LogP contribution in [0.2, 0.25) is 5.02 Å². The SMILES string of the molecule is CCn1nc(C)c(Br)c1CC(=O)c1ccc(Br)c(Cl)c1. The highest BCUT2D eigenvalue weighted by atomic mass is 79.9. The molecule has 0 aliphatic rings. The lowest BCUT2D eigenvalue weighted by molar-refractivity contribution is 0.0990. The Kier molecular flexibility index (Phi) is 5.04. The quantitative estimate of drug-likeness (QED) is 0.665. The lowest BCUT2D eigenvalue weighted by Crippen LogP contribution is -2.10. The summed E-state index contributed by atoms with van der Waals surface area (Å²) in [6.45, 7) is 4.65. The van der Waals surface area contributed by atoms with Crippen LogP contribution in [0.3, 0.4) is 0 Å². The van der Waals surface area contributed by atoms with E-state index in [2.05, 4.69) is 37.0 Å². The van der Waals surface area contributed by atoms with Gasteiger partial charge in [0.1, 0.15) is 0 Å². The highest BCUT2D eigenvalue weighted by Crippen LogP contribution is 2.26. The minimum Gasteiger partial charge on any atom is -0.294 e. The minimum absolute atomic E-state index is 0.0229. The van der Waals surface area contributed by atoms with Crippen LogP contribution >= 0.6 is 43.5 Å². The summed E-state index contributed by atoms with van der Waals surface area (Å²) < 4.78 is 3.53. The average Bonchev–Trinajstić information content (AvgIpc) is 2.69. The summed E-state index contributed by atoms with van der Waals surface area (Å²) >= 11 is 12.8. The number of aromatic nitrogens is 2. The topological polar surface area (TPSA) is 34.9 Å². The van der Waals surface area contributed by atoms with E-state index in [1.165, 1.54) is 0 Å². The number of hydrogen-bond donors (Lipinski definition) is 0. The molecule has 0 saturated carbocycles. The Hall–Kier alpha value is -0.650. The fourth-order valence-corrected chi connectivity index (χ4v) is 2.81. The Morgan fingerprint density at radius 1 is 1.40 bits per heavy atom. The highest BCUT2D eigenvalue weighted by molar-refractivity contribution is 9.10. The Bertz CT molecular complexity index is 667. The van der Waals surface area contributed by atoms with Crippen LogP contribution in [-0.4, -0.2) is 15.6 Å². The molecule has 0 spiro atoms. The number of ketones is 1. The fraction of sp³-hybridized carbons (Fsp3) is 0.286. The van der Waals surface area contributed by atoms with E-state index in [-0.39, 0.29) is 5.78 Å². The van der Waals surface area contributed by atoms with Gasteiger partial charge in [0.15, 0.2) is 5.78 Å². The third-order valence-electron chi connectivity index (χ3n) is 3.02. The van der Waals surface area contributed by atoms with Gasteiger partial charge in [-0.25, -0.2) is 0 Å². The second kappa shape index (κ2) is 6.41. The van der Waals surface area contributed by atoms with Gasteiger partial charge in [-0.3, -0.25) is 9.48 Å². The molecule has 0 amide bonds. The van der Waals surface area contributed by atoms with Gasteiger partial charge in [0.05, 0.1) is 27.3 Å². The molecule has 3 nitrogen and oxygen atoms in total. The summed E-state index contributed by atoms with van der Waals surface area (Å²) in [5, 5.41) is 4.93. The van der Waals surface area contributed by atoms with Crippen molar-refractivity contribution < 1.29 is 4.79 Å². The van der Waals surface area contributed by atoms with Crippen LogP contribution in [-0.2, 0) is 13.0 Å². The number of aryl methyl sites for hydroxylation is 2. The number of hydrogen-bond acceptors (Lipinski definition) is 2. The van der Waals surface area contributed by atoms with Crippen LogP contribution in [0, 0.1) is 6.92 Å². The van der Waals surface area contributed by atoms with Gasteiger partial charge in [0.2, 0.25) is 0 Å². The average molecular weight is 421 g/mol. The normalized spacial score (nSPS) is 10.8. The minimum atomic E-state index is 0.0229. The zero-order valence-corrected chi connectivity index (χ0v) is 15.0. The lowest BCUT2D eigenvalue weighted by atomic mass is 10.1. The summed E-state index contributed by atoms with van der Waals surface area (Å²) in [6, 6.07) is 5.24. The molecule has 0 aliphatic carbocycles. The zero-order chi connectivity index (χ0) is 14.9. The van der Waals surface area contributed by atoms with Crippen LogP contribution < -0.4 is 0 Å². The van der Waals surface area contributed by atoms with Gasteiger partial charge in [-0.15, -0.1) is 0 Å². The van der Waals surface area contributed by atoms with E-state index >= 15 is 0 Å². The summed E-state index contributed by atoms with van der Waals surface area (Å²) in [6.07, 6.45) is 0.299. The van der Waals surface area contributed by atoms with Crippen LogP contribution in [0.15, 0.2) is 27.1 Å². The van der Waals surface area contributed by atoms with Crippen LogP contribution in [0.4, 0.5) is 0 Å². The molecule has 6 heteroatoms. The number of rotatable bonds is 4. The first kappa shape index (κ1) is 15.7. The molecular weight excluding hydrogens is 407 g/mol. The smallest absolute Gasteiger partial charge is 0.168 e. The molecule has 0 N–H and O–H groups in total. The van der Waals surface area contributed by atoms with E-state index < -0.39 is 0 Å². The van der Waals surface area contributed by atoms with Gasteiger partial charge in [-0.05, 0) is 57.8 Å². The molecule has 0 saturated heterocycles. The summed E-state index contributed by atoms with van der Waals surface area (Å²) in [5.74, 6) is 0.0229. The summed E-state index contributed by atoms with van der Waals surface area (Å²) in [5.41, 5.74) is 2.39. The molecule has 0 aliphatic heterocycles. The van der Waals surface area contributed by atoms with E-state index in [1.54, 1.807) is 18.2 Å². The van der Waals surface area contributed by atoms with E-state index in [0.29, 0.717) is 17.0 Å². The highest BCUT2D eigenvalue weighted by Gasteiger charge is 2.17. The van der Waals surface area contributed by atoms with Gasteiger partial charge < -0.3 is 0 Å². The number of benzene rings is 1. The van der Waals surface area contributed by atoms with Crippen molar-refractivity contribution in [3.8, 4) is 0 Å². The molecule has 1 heterocycles. The van der Waals surface area contributed by atoms with E-state index in [4.69, 9.17) is 11.6 Å². The van der Waals surface area contributed by atoms with Gasteiger partial charge in [-0.2, -0.15) is 5.10 Å². The predicted octanol–water partition coefficient (Wildman–Crippen LogP) is 4.82. The molecule has 1 aromatic carbocycles. The van der Waals surface area contributed by atoms with E-state index in [1.807, 2.05) is 18.5 Å². The first-order valence-corrected chi connectivity index (χ1v) is 8.10. The van der Waals surface area contributed by atoms with E-state index in [9.17, 15) is 4.79 Å².